The van der Waals surface area contributed by atoms with Crippen LogP contribution in [0.4, 0.5) is 4.39 Å². The van der Waals surface area contributed by atoms with E-state index in [1.807, 2.05) is 25.5 Å². The van der Waals surface area contributed by atoms with E-state index in [9.17, 15) is 18.3 Å². The molecule has 10 heteroatoms. The molecular formula is C25H35FN4O4S. The number of aromatic nitrogens is 3. The third-order valence-electron chi connectivity index (χ3n) is 7.44. The summed E-state index contributed by atoms with van der Waals surface area (Å²) in [7, 11) is -2.51. The van der Waals surface area contributed by atoms with Gasteiger partial charge in [0.1, 0.15) is 6.10 Å². The number of hydrogen-bond donors (Lipinski definition) is 3. The van der Waals surface area contributed by atoms with Crippen LogP contribution >= 0.6 is 10.6 Å². The highest BCUT2D eigenvalue weighted by atomic mass is 32.3. The van der Waals surface area contributed by atoms with E-state index < -0.39 is 21.9 Å². The highest BCUT2D eigenvalue weighted by Gasteiger charge is 2.38. The lowest BCUT2D eigenvalue weighted by Crippen LogP contribution is -2.52. The first-order valence-corrected chi connectivity index (χ1v) is 14.4. The van der Waals surface area contributed by atoms with Crippen molar-refractivity contribution in [2.24, 2.45) is 5.92 Å². The molecule has 0 aromatic carbocycles. The minimum atomic E-state index is -2.51. The molecule has 1 atom stereocenters. The van der Waals surface area contributed by atoms with Crippen molar-refractivity contribution in [1.29, 1.82) is 0 Å². The number of ether oxygens (including phenoxy) is 1. The molecule has 2 fully saturated rings. The molecule has 1 saturated heterocycles. The molecule has 2 aliphatic carbocycles. The standard InChI is InChI=1S/C25H35FN4O4S/c1-15(2)30-21-12-16(24(31)28-25(3)8-10-35(32,33)11-9-25)4-7-18(21)23(29-30)19-13-22(27-14-20(19)26)34-17-5-6-17/h13-17,32-33H,4-12H2,1-3H3,(H,28,31). The van der Waals surface area contributed by atoms with Crippen LogP contribution in [-0.2, 0) is 17.6 Å². The van der Waals surface area contributed by atoms with E-state index >= 15 is 0 Å². The lowest BCUT2D eigenvalue weighted by molar-refractivity contribution is -0.127. The van der Waals surface area contributed by atoms with Crippen LogP contribution in [0.3, 0.4) is 0 Å². The van der Waals surface area contributed by atoms with Gasteiger partial charge in [-0.2, -0.15) is 15.7 Å². The fraction of sp³-hybridized carbons (Fsp3) is 0.640. The van der Waals surface area contributed by atoms with Gasteiger partial charge in [0.2, 0.25) is 11.8 Å². The summed E-state index contributed by atoms with van der Waals surface area (Å²) in [6.45, 7) is 6.05. The molecule has 5 rings (SSSR count). The van der Waals surface area contributed by atoms with Crippen LogP contribution in [0.15, 0.2) is 12.3 Å². The van der Waals surface area contributed by atoms with Crippen LogP contribution in [0.25, 0.3) is 11.3 Å². The van der Waals surface area contributed by atoms with E-state index in [0.29, 0.717) is 60.7 Å². The van der Waals surface area contributed by atoms with Crippen molar-refractivity contribution in [3.05, 3.63) is 29.3 Å². The summed E-state index contributed by atoms with van der Waals surface area (Å²) in [6, 6.07) is 1.71. The van der Waals surface area contributed by atoms with Gasteiger partial charge in [0.15, 0.2) is 5.82 Å². The molecule has 1 saturated carbocycles. The van der Waals surface area contributed by atoms with E-state index in [0.717, 1.165) is 24.1 Å². The quantitative estimate of drug-likeness (QED) is 0.523. The van der Waals surface area contributed by atoms with E-state index in [1.165, 1.54) is 6.20 Å². The third kappa shape index (κ3) is 5.20. The predicted octanol–water partition coefficient (Wildman–Crippen LogP) is 4.73. The van der Waals surface area contributed by atoms with Crippen LogP contribution in [0.1, 0.15) is 70.2 Å². The Bertz CT molecular complexity index is 1120. The molecule has 0 bridgehead atoms. The summed E-state index contributed by atoms with van der Waals surface area (Å²) in [5.74, 6) is 0.421. The topological polar surface area (TPSA) is 110 Å². The van der Waals surface area contributed by atoms with Gasteiger partial charge >= 0.3 is 0 Å². The molecule has 35 heavy (non-hydrogen) atoms. The first kappa shape index (κ1) is 24.5. The van der Waals surface area contributed by atoms with Gasteiger partial charge in [-0.1, -0.05) is 0 Å². The number of halogens is 1. The average Bonchev–Trinajstić information content (AvgIpc) is 3.54. The lowest BCUT2D eigenvalue weighted by Gasteiger charge is -2.45. The largest absolute Gasteiger partial charge is 0.474 e. The molecule has 1 unspecified atom stereocenters. The lowest BCUT2D eigenvalue weighted by atomic mass is 9.84. The van der Waals surface area contributed by atoms with Crippen molar-refractivity contribution >= 4 is 16.5 Å². The van der Waals surface area contributed by atoms with Crippen molar-refractivity contribution in [1.82, 2.24) is 20.1 Å². The second-order valence-corrected chi connectivity index (χ2v) is 13.3. The second kappa shape index (κ2) is 9.05. The molecule has 2 aromatic rings. The van der Waals surface area contributed by atoms with Gasteiger partial charge in [-0.3, -0.25) is 18.6 Å². The summed E-state index contributed by atoms with van der Waals surface area (Å²) in [4.78, 5) is 17.4. The molecule has 8 nitrogen and oxygen atoms in total. The van der Waals surface area contributed by atoms with E-state index in [-0.39, 0.29) is 24.0 Å². The predicted molar refractivity (Wildman–Crippen MR) is 133 cm³/mol. The van der Waals surface area contributed by atoms with Crippen molar-refractivity contribution in [3.8, 4) is 17.1 Å². The van der Waals surface area contributed by atoms with Crippen LogP contribution in [0.2, 0.25) is 0 Å². The molecule has 0 radical (unpaired) electrons. The molecule has 2 aromatic heterocycles. The fourth-order valence-electron chi connectivity index (χ4n) is 5.06. The number of carbonyl (C=O) groups excluding carboxylic acids is 1. The maximum Gasteiger partial charge on any atom is 0.223 e. The second-order valence-electron chi connectivity index (χ2n) is 10.8. The SMILES string of the molecule is CC(C)n1nc(-c2cc(OC3CC3)ncc2F)c2c1CC(C(=O)NC1(C)CCS(O)(O)CC1)CC2. The Morgan fingerprint density at radius 2 is 2.00 bits per heavy atom. The van der Waals surface area contributed by atoms with Crippen LogP contribution in [-0.4, -0.2) is 52.9 Å². The molecule has 1 aliphatic heterocycles. The van der Waals surface area contributed by atoms with Crippen molar-refractivity contribution in [2.45, 2.75) is 83.4 Å². The first-order chi connectivity index (χ1) is 16.5. The summed E-state index contributed by atoms with van der Waals surface area (Å²) in [5.41, 5.74) is 2.54. The molecule has 0 spiro atoms. The maximum absolute atomic E-state index is 14.9. The third-order valence-corrected chi connectivity index (χ3v) is 9.16. The number of amides is 1. The van der Waals surface area contributed by atoms with Crippen molar-refractivity contribution < 1.29 is 23.0 Å². The maximum atomic E-state index is 14.9. The Kier molecular flexibility index (Phi) is 6.34. The van der Waals surface area contributed by atoms with Crippen molar-refractivity contribution in [2.75, 3.05) is 11.5 Å². The molecule has 3 heterocycles. The van der Waals surface area contributed by atoms with E-state index in [1.54, 1.807) is 6.07 Å². The number of nitrogens with one attached hydrogen (secondary N) is 1. The molecule has 3 N–H and O–H groups in total. The zero-order valence-electron chi connectivity index (χ0n) is 20.6. The van der Waals surface area contributed by atoms with Crippen LogP contribution in [0, 0.1) is 11.7 Å². The minimum absolute atomic E-state index is 0.00945. The fourth-order valence-corrected chi connectivity index (χ4v) is 6.81. The van der Waals surface area contributed by atoms with Gasteiger partial charge in [0.25, 0.3) is 0 Å². The average molecular weight is 507 g/mol. The number of rotatable bonds is 6. The Hall–Kier alpha value is -2.17. The Labute approximate surface area is 207 Å². The number of nitrogens with zero attached hydrogens (tertiary/aromatic N) is 3. The number of hydrogen-bond acceptors (Lipinski definition) is 6. The van der Waals surface area contributed by atoms with Crippen LogP contribution in [0.5, 0.6) is 5.88 Å². The van der Waals surface area contributed by atoms with Gasteiger partial charge in [-0.25, -0.2) is 9.37 Å². The zero-order chi connectivity index (χ0) is 25.0. The highest BCUT2D eigenvalue weighted by Crippen LogP contribution is 2.47. The molecule has 192 valence electrons. The Morgan fingerprint density at radius 1 is 1.29 bits per heavy atom. The van der Waals surface area contributed by atoms with Gasteiger partial charge < -0.3 is 10.1 Å². The number of carbonyl (C=O) groups is 1. The van der Waals surface area contributed by atoms with Crippen molar-refractivity contribution in [3.63, 3.8) is 0 Å². The zero-order valence-corrected chi connectivity index (χ0v) is 21.4. The van der Waals surface area contributed by atoms with E-state index in [4.69, 9.17) is 9.84 Å². The number of pyridine rings is 1. The summed E-state index contributed by atoms with van der Waals surface area (Å²) < 4.78 is 42.5. The van der Waals surface area contributed by atoms with Gasteiger partial charge in [-0.05, 0) is 59.3 Å². The smallest absolute Gasteiger partial charge is 0.223 e. The van der Waals surface area contributed by atoms with Gasteiger partial charge in [-0.15, -0.1) is 0 Å². The molecular weight excluding hydrogens is 471 g/mol. The molecule has 3 aliphatic rings. The summed E-state index contributed by atoms with van der Waals surface area (Å²) in [5, 5.41) is 8.01. The number of fused-ring (bicyclic) bond motifs is 1. The first-order valence-electron chi connectivity index (χ1n) is 12.5. The van der Waals surface area contributed by atoms with Gasteiger partial charge in [0.05, 0.1) is 11.9 Å². The Balaban J connectivity index is 1.38. The van der Waals surface area contributed by atoms with Crippen LogP contribution < -0.4 is 10.1 Å². The monoisotopic (exact) mass is 506 g/mol. The van der Waals surface area contributed by atoms with E-state index in [2.05, 4.69) is 10.3 Å². The van der Waals surface area contributed by atoms with Gasteiger partial charge in [0, 0.05) is 58.3 Å². The minimum Gasteiger partial charge on any atom is -0.474 e. The Morgan fingerprint density at radius 3 is 2.66 bits per heavy atom. The normalized spacial score (nSPS) is 24.0. The summed E-state index contributed by atoms with van der Waals surface area (Å²) >= 11 is 0. The summed E-state index contributed by atoms with van der Waals surface area (Å²) in [6.07, 6.45) is 6.29. The highest BCUT2D eigenvalue weighted by molar-refractivity contribution is 8.24. The molecule has 1 amide bonds.